The molecule has 162 valence electrons. The Bertz CT molecular complexity index is 1160. The molecule has 0 spiro atoms. The maximum atomic E-state index is 12.4. The number of amidine groups is 1. The molecule has 0 radical (unpaired) electrons. The van der Waals surface area contributed by atoms with Crippen molar-refractivity contribution in [2.75, 3.05) is 6.61 Å². The number of carbonyl (C=O) groups is 1. The molecule has 1 aliphatic rings. The third kappa shape index (κ3) is 5.72. The number of carbonyl (C=O) groups excluding carboxylic acids is 1. The van der Waals surface area contributed by atoms with Gasteiger partial charge in [-0.1, -0.05) is 48.0 Å². The van der Waals surface area contributed by atoms with Gasteiger partial charge in [0.2, 0.25) is 0 Å². The fourth-order valence-electron chi connectivity index (χ4n) is 3.00. The van der Waals surface area contributed by atoms with E-state index in [0.29, 0.717) is 39.8 Å². The van der Waals surface area contributed by atoms with Crippen LogP contribution in [0.4, 0.5) is 5.69 Å². The van der Waals surface area contributed by atoms with E-state index in [4.69, 9.17) is 21.1 Å². The lowest BCUT2D eigenvalue weighted by molar-refractivity contribution is -0.115. The molecule has 32 heavy (non-hydrogen) atoms. The van der Waals surface area contributed by atoms with E-state index in [2.05, 4.69) is 10.3 Å². The smallest absolute Gasteiger partial charge is 0.264 e. The summed E-state index contributed by atoms with van der Waals surface area (Å²) in [6, 6.07) is 22.6. The summed E-state index contributed by atoms with van der Waals surface area (Å²) in [6.07, 6.45) is 1.82. The van der Waals surface area contributed by atoms with E-state index in [9.17, 15) is 4.79 Å². The number of amides is 1. The van der Waals surface area contributed by atoms with E-state index in [-0.39, 0.29) is 5.91 Å². The quantitative estimate of drug-likeness (QED) is 0.422. The molecule has 3 aromatic rings. The lowest BCUT2D eigenvalue weighted by Gasteiger charge is -2.13. The Morgan fingerprint density at radius 1 is 1.00 bits per heavy atom. The van der Waals surface area contributed by atoms with Crippen molar-refractivity contribution in [1.29, 1.82) is 0 Å². The van der Waals surface area contributed by atoms with Crippen LogP contribution in [0.2, 0.25) is 5.02 Å². The summed E-state index contributed by atoms with van der Waals surface area (Å²) >= 11 is 7.25. The van der Waals surface area contributed by atoms with Gasteiger partial charge in [0.25, 0.3) is 5.91 Å². The van der Waals surface area contributed by atoms with Crippen LogP contribution in [0.25, 0.3) is 6.08 Å². The fraction of sp³-hybridized carbons (Fsp3) is 0.120. The number of ether oxygens (including phenoxy) is 2. The lowest BCUT2D eigenvalue weighted by Crippen LogP contribution is -2.19. The Hall–Kier alpha value is -3.22. The van der Waals surface area contributed by atoms with Crippen LogP contribution in [-0.4, -0.2) is 17.7 Å². The summed E-state index contributed by atoms with van der Waals surface area (Å²) < 4.78 is 11.7. The van der Waals surface area contributed by atoms with Gasteiger partial charge in [0, 0.05) is 5.02 Å². The van der Waals surface area contributed by atoms with Gasteiger partial charge in [0.15, 0.2) is 16.7 Å². The minimum Gasteiger partial charge on any atom is -0.490 e. The van der Waals surface area contributed by atoms with Crippen LogP contribution in [0.15, 0.2) is 82.7 Å². The molecule has 4 rings (SSSR count). The Balaban J connectivity index is 1.50. The fourth-order valence-corrected chi connectivity index (χ4v) is 3.96. The highest BCUT2D eigenvalue weighted by Crippen LogP contribution is 2.33. The summed E-state index contributed by atoms with van der Waals surface area (Å²) in [7, 11) is 0. The number of para-hydroxylation sites is 1. The number of nitrogens with zero attached hydrogens (tertiary/aromatic N) is 1. The molecule has 0 atom stereocenters. The van der Waals surface area contributed by atoms with Crippen molar-refractivity contribution in [3.63, 3.8) is 0 Å². The van der Waals surface area contributed by atoms with E-state index in [0.717, 1.165) is 16.8 Å². The normalized spacial score (nSPS) is 15.8. The number of hydrogen-bond acceptors (Lipinski definition) is 5. The number of thioether (sulfide) groups is 1. The zero-order valence-corrected chi connectivity index (χ0v) is 19.0. The largest absolute Gasteiger partial charge is 0.490 e. The van der Waals surface area contributed by atoms with Gasteiger partial charge in [-0.15, -0.1) is 0 Å². The first kappa shape index (κ1) is 22.0. The maximum Gasteiger partial charge on any atom is 0.264 e. The highest BCUT2D eigenvalue weighted by Gasteiger charge is 2.24. The Morgan fingerprint density at radius 3 is 2.53 bits per heavy atom. The zero-order chi connectivity index (χ0) is 22.3. The van der Waals surface area contributed by atoms with Gasteiger partial charge >= 0.3 is 0 Å². The monoisotopic (exact) mass is 464 g/mol. The average molecular weight is 465 g/mol. The van der Waals surface area contributed by atoms with Crippen LogP contribution < -0.4 is 14.8 Å². The highest BCUT2D eigenvalue weighted by molar-refractivity contribution is 8.18. The average Bonchev–Trinajstić information content (AvgIpc) is 3.13. The van der Waals surface area contributed by atoms with E-state index in [1.807, 2.05) is 85.8 Å². The van der Waals surface area contributed by atoms with Crippen LogP contribution >= 0.6 is 23.4 Å². The van der Waals surface area contributed by atoms with Crippen LogP contribution in [0, 0.1) is 0 Å². The molecule has 1 heterocycles. The van der Waals surface area contributed by atoms with E-state index in [1.54, 1.807) is 0 Å². The van der Waals surface area contributed by atoms with Crippen molar-refractivity contribution in [3.05, 3.63) is 93.9 Å². The van der Waals surface area contributed by atoms with Gasteiger partial charge < -0.3 is 14.8 Å². The summed E-state index contributed by atoms with van der Waals surface area (Å²) in [4.78, 5) is 17.4. The molecule has 0 unspecified atom stereocenters. The maximum absolute atomic E-state index is 12.4. The molecule has 3 aromatic carbocycles. The molecule has 0 aliphatic carbocycles. The molecular formula is C25H21ClN2O3S. The van der Waals surface area contributed by atoms with Crippen molar-refractivity contribution in [3.8, 4) is 11.5 Å². The summed E-state index contributed by atoms with van der Waals surface area (Å²) in [5.41, 5.74) is 2.63. The first-order valence-electron chi connectivity index (χ1n) is 10.1. The molecule has 0 bridgehead atoms. The second-order valence-electron chi connectivity index (χ2n) is 6.87. The van der Waals surface area contributed by atoms with E-state index in [1.165, 1.54) is 11.8 Å². The van der Waals surface area contributed by atoms with Crippen LogP contribution in [0.3, 0.4) is 0 Å². The Kier molecular flexibility index (Phi) is 7.14. The molecule has 0 saturated carbocycles. The minimum absolute atomic E-state index is 0.175. The Labute approximate surface area is 196 Å². The van der Waals surface area contributed by atoms with Crippen molar-refractivity contribution < 1.29 is 14.3 Å². The topological polar surface area (TPSA) is 59.9 Å². The van der Waals surface area contributed by atoms with Gasteiger partial charge in [-0.2, -0.15) is 0 Å². The van der Waals surface area contributed by atoms with Crippen molar-refractivity contribution >= 4 is 46.2 Å². The van der Waals surface area contributed by atoms with E-state index < -0.39 is 0 Å². The SMILES string of the molecule is CCOc1cc(C=C2SC(=Nc3ccccc3)NC2=O)ccc1OCc1ccc(Cl)cc1. The highest BCUT2D eigenvalue weighted by atomic mass is 35.5. The second kappa shape index (κ2) is 10.4. The van der Waals surface area contributed by atoms with E-state index >= 15 is 0 Å². The van der Waals surface area contributed by atoms with Gasteiger partial charge in [0.1, 0.15) is 6.61 Å². The first-order chi connectivity index (χ1) is 15.6. The molecule has 1 fully saturated rings. The summed E-state index contributed by atoms with van der Waals surface area (Å²) in [5.74, 6) is 1.09. The van der Waals surface area contributed by atoms with Gasteiger partial charge in [-0.25, -0.2) is 4.99 Å². The van der Waals surface area contributed by atoms with Gasteiger partial charge in [0.05, 0.1) is 17.2 Å². The second-order valence-corrected chi connectivity index (χ2v) is 8.34. The number of halogens is 1. The zero-order valence-electron chi connectivity index (χ0n) is 17.4. The standard InChI is InChI=1S/C25H21ClN2O3S/c1-2-30-22-14-18(10-13-21(22)31-16-17-8-11-19(26)12-9-17)15-23-24(29)28-25(32-23)27-20-6-4-3-5-7-20/h3-15H,2,16H2,1H3,(H,27,28,29). The number of nitrogens with one attached hydrogen (secondary N) is 1. The Morgan fingerprint density at radius 2 is 1.78 bits per heavy atom. The lowest BCUT2D eigenvalue weighted by atomic mass is 10.2. The molecule has 1 amide bonds. The van der Waals surface area contributed by atoms with Crippen molar-refractivity contribution in [1.82, 2.24) is 5.32 Å². The molecule has 5 nitrogen and oxygen atoms in total. The molecule has 7 heteroatoms. The number of aliphatic imine (C=N–C) groups is 1. The third-order valence-electron chi connectivity index (χ3n) is 4.51. The third-order valence-corrected chi connectivity index (χ3v) is 5.67. The number of benzene rings is 3. The summed E-state index contributed by atoms with van der Waals surface area (Å²) in [6.45, 7) is 2.82. The molecule has 1 N–H and O–H groups in total. The first-order valence-corrected chi connectivity index (χ1v) is 11.3. The van der Waals surface area contributed by atoms with Crippen LogP contribution in [0.5, 0.6) is 11.5 Å². The van der Waals surface area contributed by atoms with Crippen molar-refractivity contribution in [2.45, 2.75) is 13.5 Å². The van der Waals surface area contributed by atoms with Crippen LogP contribution in [-0.2, 0) is 11.4 Å². The van der Waals surface area contributed by atoms with Gasteiger partial charge in [-0.3, -0.25) is 4.79 Å². The van der Waals surface area contributed by atoms with Crippen molar-refractivity contribution in [2.24, 2.45) is 4.99 Å². The van der Waals surface area contributed by atoms with Crippen LogP contribution in [0.1, 0.15) is 18.1 Å². The van der Waals surface area contributed by atoms with Gasteiger partial charge in [-0.05, 0) is 72.3 Å². The minimum atomic E-state index is -0.175. The molecular weight excluding hydrogens is 444 g/mol. The molecule has 1 saturated heterocycles. The molecule has 1 aliphatic heterocycles. The predicted molar refractivity (Wildman–Crippen MR) is 131 cm³/mol. The summed E-state index contributed by atoms with van der Waals surface area (Å²) in [5, 5.41) is 4.05. The predicted octanol–water partition coefficient (Wildman–Crippen LogP) is 6.21. The number of rotatable bonds is 7. The number of hydrogen-bond donors (Lipinski definition) is 1. The molecule has 0 aromatic heterocycles.